The molecule has 19 N–H and O–H groups in total. The van der Waals surface area contributed by atoms with Gasteiger partial charge in [-0.05, 0) is 25.2 Å². The largest absolute Gasteiger partial charge is 0.395 e. The van der Waals surface area contributed by atoms with E-state index in [1.165, 1.54) is 0 Å². The van der Waals surface area contributed by atoms with Crippen LogP contribution in [0.2, 0.25) is 0 Å². The number of aliphatic hydroxyl groups is 8. The van der Waals surface area contributed by atoms with E-state index in [0.717, 1.165) is 0 Å². The van der Waals surface area contributed by atoms with E-state index in [0.29, 0.717) is 6.42 Å². The molecular weight excluding hydrogens is 576 g/mol. The summed E-state index contributed by atoms with van der Waals surface area (Å²) in [5.74, 6) is -0.487. The second kappa shape index (κ2) is 16.7. The summed E-state index contributed by atoms with van der Waals surface area (Å²) < 4.78 is 23.5. The van der Waals surface area contributed by atoms with Crippen LogP contribution < -0.4 is 34.0 Å². The van der Waals surface area contributed by atoms with Crippen molar-refractivity contribution < 1.29 is 59.8 Å². The maximum absolute atomic E-state index is 11.5. The molecule has 18 nitrogen and oxygen atoms in total. The molecule has 2 saturated heterocycles. The molecule has 0 aromatic heterocycles. The van der Waals surface area contributed by atoms with Gasteiger partial charge in [-0.3, -0.25) is 0 Å². The van der Waals surface area contributed by atoms with Gasteiger partial charge in [-0.15, -0.1) is 0 Å². The molecule has 3 aliphatic rings. The van der Waals surface area contributed by atoms with E-state index in [4.69, 9.17) is 52.7 Å². The number of nitrogens with one attached hydrogen (secondary N) is 1. The van der Waals surface area contributed by atoms with E-state index in [9.17, 15) is 35.7 Å². The molecule has 3 unspecified atom stereocenters. The van der Waals surface area contributed by atoms with Crippen LogP contribution in [-0.2, 0) is 18.9 Å². The van der Waals surface area contributed by atoms with E-state index >= 15 is 0 Å². The van der Waals surface area contributed by atoms with Crippen LogP contribution in [0.15, 0.2) is 0 Å². The monoisotopic (exact) mass is 628 g/mol. The summed E-state index contributed by atoms with van der Waals surface area (Å²) in [6.45, 7) is -0.617. The second-order valence-electron chi connectivity index (χ2n) is 11.8. The van der Waals surface area contributed by atoms with Gasteiger partial charge in [0, 0.05) is 31.7 Å². The third kappa shape index (κ3) is 8.97. The van der Waals surface area contributed by atoms with Gasteiger partial charge in [0.2, 0.25) is 0 Å². The highest BCUT2D eigenvalue weighted by atomic mass is 16.7. The summed E-state index contributed by atoms with van der Waals surface area (Å²) in [5.41, 5.74) is 29.7. The lowest BCUT2D eigenvalue weighted by Gasteiger charge is -2.49. The fourth-order valence-corrected chi connectivity index (χ4v) is 5.77. The first-order valence-electron chi connectivity index (χ1n) is 14.7. The molecule has 1 aliphatic carbocycles. The van der Waals surface area contributed by atoms with Crippen molar-refractivity contribution in [3.63, 3.8) is 0 Å². The Bertz CT molecular complexity index is 825. The zero-order chi connectivity index (χ0) is 32.0. The standard InChI is InChI=1S/C25H52N6O12/c26-4-11(34)2-1-9-3-12(28)23(21(39)22(9)42-25-20(38)15(29)17(35)14(8-33)41-25)43-24-16(30)19(37)18(36)13(40-24)6-31-5-10(27)7-32/h9-25,31-39H,1-8,26-30H2/t9-,10?,11?,12+,13-,14-,15+,16-,17-,18-,19-,20-,21-,22+,23?,24-,25-/m1/s1. The molecule has 0 spiro atoms. The molecule has 254 valence electrons. The Balaban J connectivity index is 1.78. The van der Waals surface area contributed by atoms with E-state index in [-0.39, 0.29) is 39.1 Å². The highest BCUT2D eigenvalue weighted by Gasteiger charge is 2.51. The Morgan fingerprint density at radius 3 is 2.09 bits per heavy atom. The van der Waals surface area contributed by atoms with Gasteiger partial charge < -0.3 is 93.8 Å². The Labute approximate surface area is 250 Å². The smallest absolute Gasteiger partial charge is 0.186 e. The molecule has 0 bridgehead atoms. The van der Waals surface area contributed by atoms with Crippen LogP contribution >= 0.6 is 0 Å². The average Bonchev–Trinajstić information content (AvgIpc) is 2.99. The predicted octanol–water partition coefficient (Wildman–Crippen LogP) is -7.99. The molecule has 3 fully saturated rings. The Hall–Kier alpha value is -0.720. The molecule has 0 aromatic carbocycles. The van der Waals surface area contributed by atoms with Gasteiger partial charge in [-0.25, -0.2) is 0 Å². The van der Waals surface area contributed by atoms with Gasteiger partial charge >= 0.3 is 0 Å². The lowest BCUT2D eigenvalue weighted by molar-refractivity contribution is -0.324. The van der Waals surface area contributed by atoms with Gasteiger partial charge in [-0.1, -0.05) is 0 Å². The lowest BCUT2D eigenvalue weighted by atomic mass is 9.77. The van der Waals surface area contributed by atoms with Gasteiger partial charge in [0.25, 0.3) is 0 Å². The highest BCUT2D eigenvalue weighted by Crippen LogP contribution is 2.36. The first-order chi connectivity index (χ1) is 20.3. The third-order valence-corrected chi connectivity index (χ3v) is 8.53. The van der Waals surface area contributed by atoms with Gasteiger partial charge in [0.15, 0.2) is 12.6 Å². The molecule has 2 aliphatic heterocycles. The SMILES string of the molecule is NCC(O)CC[C@@H]1C[C@H](N)C(O[C@H]2O[C@H](CNCC(N)CO)[C@@H](O)[C@H](O)[C@H]2N)[C@H](O)[C@H]1O[C@H]1O[C@H](CO)[C@@H](O)[C@H](N)[C@H]1O. The van der Waals surface area contributed by atoms with Crippen molar-refractivity contribution in [3.05, 3.63) is 0 Å². The third-order valence-electron chi connectivity index (χ3n) is 8.53. The predicted molar refractivity (Wildman–Crippen MR) is 148 cm³/mol. The highest BCUT2D eigenvalue weighted by molar-refractivity contribution is 5.00. The minimum atomic E-state index is -1.52. The zero-order valence-electron chi connectivity index (χ0n) is 24.1. The van der Waals surface area contributed by atoms with E-state index in [2.05, 4.69) is 5.32 Å². The molecule has 2 heterocycles. The maximum Gasteiger partial charge on any atom is 0.186 e. The molecule has 18 heteroatoms. The summed E-state index contributed by atoms with van der Waals surface area (Å²) in [6.07, 6.45) is -14.4. The Morgan fingerprint density at radius 1 is 0.814 bits per heavy atom. The maximum atomic E-state index is 11.5. The van der Waals surface area contributed by atoms with Crippen molar-refractivity contribution >= 4 is 0 Å². The molecule has 0 aromatic rings. The van der Waals surface area contributed by atoms with Crippen LogP contribution in [0.5, 0.6) is 0 Å². The summed E-state index contributed by atoms with van der Waals surface area (Å²) >= 11 is 0. The van der Waals surface area contributed by atoms with E-state index in [1.807, 2.05) is 0 Å². The van der Waals surface area contributed by atoms with Crippen molar-refractivity contribution in [2.45, 2.75) is 117 Å². The number of nitrogens with two attached hydrogens (primary N) is 5. The quantitative estimate of drug-likeness (QED) is 0.0848. The van der Waals surface area contributed by atoms with Gasteiger partial charge in [0.1, 0.15) is 48.8 Å². The summed E-state index contributed by atoms with van der Waals surface area (Å²) in [4.78, 5) is 0. The van der Waals surface area contributed by atoms with E-state index < -0.39 is 110 Å². The Morgan fingerprint density at radius 2 is 1.47 bits per heavy atom. The van der Waals surface area contributed by atoms with Crippen LogP contribution in [0.3, 0.4) is 0 Å². The molecule has 17 atom stereocenters. The topological polar surface area (TPSA) is 341 Å². The van der Waals surface area contributed by atoms with Crippen LogP contribution in [0.4, 0.5) is 0 Å². The molecule has 1 saturated carbocycles. The molecule has 3 rings (SSSR count). The molecule has 0 radical (unpaired) electrons. The van der Waals surface area contributed by atoms with Crippen molar-refractivity contribution in [1.82, 2.24) is 5.32 Å². The van der Waals surface area contributed by atoms with Crippen molar-refractivity contribution in [3.8, 4) is 0 Å². The normalized spacial score (nSPS) is 45.6. The summed E-state index contributed by atoms with van der Waals surface area (Å²) in [6, 6.07) is -3.80. The van der Waals surface area contributed by atoms with Crippen molar-refractivity contribution in [2.24, 2.45) is 34.6 Å². The summed E-state index contributed by atoms with van der Waals surface area (Å²) in [5, 5.41) is 85.3. The van der Waals surface area contributed by atoms with Gasteiger partial charge in [0.05, 0.1) is 37.5 Å². The average molecular weight is 629 g/mol. The van der Waals surface area contributed by atoms with E-state index in [1.54, 1.807) is 0 Å². The number of hydrogen-bond donors (Lipinski definition) is 14. The van der Waals surface area contributed by atoms with Crippen molar-refractivity contribution in [1.29, 1.82) is 0 Å². The molecular formula is C25H52N6O12. The summed E-state index contributed by atoms with van der Waals surface area (Å²) in [7, 11) is 0. The van der Waals surface area contributed by atoms with Crippen LogP contribution in [0.1, 0.15) is 19.3 Å². The Kier molecular flexibility index (Phi) is 14.3. The number of aliphatic hydroxyl groups excluding tert-OH is 8. The first-order valence-corrected chi connectivity index (χ1v) is 14.7. The minimum Gasteiger partial charge on any atom is -0.395 e. The minimum absolute atomic E-state index is 0.0149. The fourth-order valence-electron chi connectivity index (χ4n) is 5.77. The van der Waals surface area contributed by atoms with Crippen LogP contribution in [-0.4, -0.2) is 171 Å². The number of ether oxygens (including phenoxy) is 4. The number of rotatable bonds is 14. The second-order valence-corrected chi connectivity index (χ2v) is 11.8. The van der Waals surface area contributed by atoms with Crippen molar-refractivity contribution in [2.75, 3.05) is 32.8 Å². The number of hydrogen-bond acceptors (Lipinski definition) is 18. The van der Waals surface area contributed by atoms with Gasteiger partial charge in [-0.2, -0.15) is 0 Å². The fraction of sp³-hybridized carbons (Fsp3) is 1.00. The first kappa shape index (κ1) is 36.7. The zero-order valence-corrected chi connectivity index (χ0v) is 24.1. The van der Waals surface area contributed by atoms with Crippen LogP contribution in [0, 0.1) is 5.92 Å². The van der Waals surface area contributed by atoms with Crippen LogP contribution in [0.25, 0.3) is 0 Å². The molecule has 43 heavy (non-hydrogen) atoms. The lowest BCUT2D eigenvalue weighted by Crippen LogP contribution is -2.67. The molecule has 0 amide bonds.